The van der Waals surface area contributed by atoms with Crippen LogP contribution in [0.25, 0.3) is 0 Å². The van der Waals surface area contributed by atoms with E-state index in [1.165, 1.54) is 0 Å². The van der Waals surface area contributed by atoms with Crippen LogP contribution in [0.2, 0.25) is 5.02 Å². The molecule has 2 heterocycles. The molecule has 1 aromatic carbocycles. The van der Waals surface area contributed by atoms with Gasteiger partial charge in [0.1, 0.15) is 6.04 Å². The molecule has 1 saturated heterocycles. The highest BCUT2D eigenvalue weighted by Crippen LogP contribution is 2.25. The Morgan fingerprint density at radius 1 is 1.29 bits per heavy atom. The van der Waals surface area contributed by atoms with Gasteiger partial charge in [-0.15, -0.1) is 0 Å². The molecule has 0 saturated carbocycles. The highest BCUT2D eigenvalue weighted by atomic mass is 35.5. The van der Waals surface area contributed by atoms with Gasteiger partial charge in [0.05, 0.1) is 0 Å². The molecule has 1 atom stereocenters. The lowest BCUT2D eigenvalue weighted by Crippen LogP contribution is -2.33. The zero-order chi connectivity index (χ0) is 14.8. The number of carbonyl (C=O) groups excluding carboxylic acids is 1. The lowest BCUT2D eigenvalue weighted by Gasteiger charge is -2.18. The van der Waals surface area contributed by atoms with Crippen LogP contribution in [0.3, 0.4) is 0 Å². The topological polar surface area (TPSA) is 45.2 Å². The van der Waals surface area contributed by atoms with E-state index >= 15 is 0 Å². The fourth-order valence-electron chi connectivity index (χ4n) is 2.53. The molecule has 4 nitrogen and oxygen atoms in total. The molecule has 1 aliphatic heterocycles. The molecular formula is C16H16ClN3O. The summed E-state index contributed by atoms with van der Waals surface area (Å²) >= 11 is 5.88. The first-order valence-corrected chi connectivity index (χ1v) is 7.27. The van der Waals surface area contributed by atoms with Gasteiger partial charge < -0.3 is 10.2 Å². The average Bonchev–Trinajstić information content (AvgIpc) is 2.81. The molecule has 0 radical (unpaired) electrons. The molecule has 2 aromatic rings. The number of halogens is 1. The standard InChI is InChI=1S/C16H16ClN3O/c1-11-10-13(6-8-18-11)19-15-7-9-20(16(15)21)14-4-2-12(17)3-5-14/h2-6,8,10,15H,7,9H2,1H3,(H,18,19). The van der Waals surface area contributed by atoms with Gasteiger partial charge in [-0.3, -0.25) is 9.78 Å². The highest BCUT2D eigenvalue weighted by molar-refractivity contribution is 6.30. The third-order valence-electron chi connectivity index (χ3n) is 3.58. The lowest BCUT2D eigenvalue weighted by atomic mass is 10.2. The van der Waals surface area contributed by atoms with Gasteiger partial charge in [-0.1, -0.05) is 11.6 Å². The van der Waals surface area contributed by atoms with Gasteiger partial charge in [0, 0.05) is 34.8 Å². The van der Waals surface area contributed by atoms with E-state index < -0.39 is 0 Å². The quantitative estimate of drug-likeness (QED) is 0.946. The number of benzene rings is 1. The van der Waals surface area contributed by atoms with Crippen molar-refractivity contribution in [3.05, 3.63) is 53.3 Å². The van der Waals surface area contributed by atoms with Crippen molar-refractivity contribution in [1.82, 2.24) is 4.98 Å². The van der Waals surface area contributed by atoms with E-state index in [4.69, 9.17) is 11.6 Å². The van der Waals surface area contributed by atoms with Crippen molar-refractivity contribution in [2.24, 2.45) is 0 Å². The van der Waals surface area contributed by atoms with Crippen molar-refractivity contribution in [3.63, 3.8) is 0 Å². The van der Waals surface area contributed by atoms with Crippen molar-refractivity contribution >= 4 is 28.9 Å². The van der Waals surface area contributed by atoms with Crippen LogP contribution >= 0.6 is 11.6 Å². The normalized spacial score (nSPS) is 18.1. The number of carbonyl (C=O) groups is 1. The fourth-order valence-corrected chi connectivity index (χ4v) is 2.65. The third kappa shape index (κ3) is 3.00. The Morgan fingerprint density at radius 3 is 2.76 bits per heavy atom. The predicted octanol–water partition coefficient (Wildman–Crippen LogP) is 3.26. The number of aryl methyl sites for hydroxylation is 1. The third-order valence-corrected chi connectivity index (χ3v) is 3.83. The maximum absolute atomic E-state index is 12.5. The number of amides is 1. The van der Waals surface area contributed by atoms with Crippen LogP contribution in [0.4, 0.5) is 11.4 Å². The molecule has 1 amide bonds. The molecular weight excluding hydrogens is 286 g/mol. The molecule has 5 heteroatoms. The molecule has 1 unspecified atom stereocenters. The average molecular weight is 302 g/mol. The van der Waals surface area contributed by atoms with Gasteiger partial charge in [0.15, 0.2) is 0 Å². The molecule has 1 aromatic heterocycles. The van der Waals surface area contributed by atoms with Crippen molar-refractivity contribution in [1.29, 1.82) is 0 Å². The monoisotopic (exact) mass is 301 g/mol. The summed E-state index contributed by atoms with van der Waals surface area (Å²) in [6.07, 6.45) is 2.52. The first-order valence-electron chi connectivity index (χ1n) is 6.89. The maximum Gasteiger partial charge on any atom is 0.249 e. The lowest BCUT2D eigenvalue weighted by molar-refractivity contribution is -0.117. The molecule has 0 aliphatic carbocycles. The Balaban J connectivity index is 1.73. The van der Waals surface area contributed by atoms with Crippen molar-refractivity contribution < 1.29 is 4.79 Å². The Hall–Kier alpha value is -2.07. The molecule has 1 fully saturated rings. The molecule has 0 spiro atoms. The summed E-state index contributed by atoms with van der Waals surface area (Å²) in [6, 6.07) is 11.0. The summed E-state index contributed by atoms with van der Waals surface area (Å²) in [7, 11) is 0. The molecule has 1 N–H and O–H groups in total. The second kappa shape index (κ2) is 5.74. The second-order valence-corrected chi connectivity index (χ2v) is 5.57. The van der Waals surface area contributed by atoms with Crippen molar-refractivity contribution in [3.8, 4) is 0 Å². The Morgan fingerprint density at radius 2 is 2.05 bits per heavy atom. The highest BCUT2D eigenvalue weighted by Gasteiger charge is 2.32. The van der Waals surface area contributed by atoms with Crippen LogP contribution in [-0.4, -0.2) is 23.5 Å². The van der Waals surface area contributed by atoms with Crippen LogP contribution in [-0.2, 0) is 4.79 Å². The maximum atomic E-state index is 12.5. The van der Waals surface area contributed by atoms with Crippen LogP contribution < -0.4 is 10.2 Å². The van der Waals surface area contributed by atoms with Crippen molar-refractivity contribution in [2.75, 3.05) is 16.8 Å². The predicted molar refractivity (Wildman–Crippen MR) is 84.8 cm³/mol. The minimum Gasteiger partial charge on any atom is -0.374 e. The Kier molecular flexibility index (Phi) is 3.80. The van der Waals surface area contributed by atoms with Gasteiger partial charge >= 0.3 is 0 Å². The summed E-state index contributed by atoms with van der Waals surface area (Å²) in [5.74, 6) is 0.0896. The molecule has 0 bridgehead atoms. The molecule has 1 aliphatic rings. The number of hydrogen-bond donors (Lipinski definition) is 1. The van der Waals surface area contributed by atoms with Gasteiger partial charge in [-0.2, -0.15) is 0 Å². The van der Waals surface area contributed by atoms with E-state index in [0.717, 1.165) is 23.5 Å². The van der Waals surface area contributed by atoms with Crippen LogP contribution in [0.15, 0.2) is 42.6 Å². The van der Waals surface area contributed by atoms with E-state index in [1.807, 2.05) is 31.2 Å². The number of anilines is 2. The Labute approximate surface area is 128 Å². The minimum absolute atomic E-state index is 0.0896. The number of rotatable bonds is 3. The largest absolute Gasteiger partial charge is 0.374 e. The first-order chi connectivity index (χ1) is 10.1. The molecule has 21 heavy (non-hydrogen) atoms. The van der Waals surface area contributed by atoms with E-state index in [1.54, 1.807) is 23.2 Å². The SMILES string of the molecule is Cc1cc(NC2CCN(c3ccc(Cl)cc3)C2=O)ccn1. The van der Waals surface area contributed by atoms with E-state index in [9.17, 15) is 4.79 Å². The number of aromatic nitrogens is 1. The van der Waals surface area contributed by atoms with Gasteiger partial charge in [-0.25, -0.2) is 0 Å². The van der Waals surface area contributed by atoms with Crippen LogP contribution in [0, 0.1) is 6.92 Å². The van der Waals surface area contributed by atoms with Crippen molar-refractivity contribution in [2.45, 2.75) is 19.4 Å². The number of hydrogen-bond acceptors (Lipinski definition) is 3. The fraction of sp³-hybridized carbons (Fsp3) is 0.250. The van der Waals surface area contributed by atoms with E-state index in [-0.39, 0.29) is 11.9 Å². The van der Waals surface area contributed by atoms with Crippen LogP contribution in [0.1, 0.15) is 12.1 Å². The second-order valence-electron chi connectivity index (χ2n) is 5.14. The first kappa shape index (κ1) is 13.9. The van der Waals surface area contributed by atoms with E-state index in [0.29, 0.717) is 11.6 Å². The smallest absolute Gasteiger partial charge is 0.249 e. The zero-order valence-electron chi connectivity index (χ0n) is 11.7. The summed E-state index contributed by atoms with van der Waals surface area (Å²) in [5, 5.41) is 3.96. The summed E-state index contributed by atoms with van der Waals surface area (Å²) in [5.41, 5.74) is 2.75. The number of nitrogens with one attached hydrogen (secondary N) is 1. The zero-order valence-corrected chi connectivity index (χ0v) is 12.5. The summed E-state index contributed by atoms with van der Waals surface area (Å²) in [4.78, 5) is 18.4. The minimum atomic E-state index is -0.192. The Bertz CT molecular complexity index is 657. The number of pyridine rings is 1. The summed E-state index contributed by atoms with van der Waals surface area (Å²) in [6.45, 7) is 2.64. The molecule has 108 valence electrons. The summed E-state index contributed by atoms with van der Waals surface area (Å²) < 4.78 is 0. The van der Waals surface area contributed by atoms with Gasteiger partial charge in [-0.05, 0) is 49.7 Å². The van der Waals surface area contributed by atoms with Gasteiger partial charge in [0.2, 0.25) is 5.91 Å². The van der Waals surface area contributed by atoms with E-state index in [2.05, 4.69) is 10.3 Å². The number of nitrogens with zero attached hydrogens (tertiary/aromatic N) is 2. The molecule has 3 rings (SSSR count). The van der Waals surface area contributed by atoms with Gasteiger partial charge in [0.25, 0.3) is 0 Å². The van der Waals surface area contributed by atoms with Crippen LogP contribution in [0.5, 0.6) is 0 Å².